The largest absolute Gasteiger partial charge is 0.496 e. The zero-order valence-electron chi connectivity index (χ0n) is 14.5. The Bertz CT molecular complexity index is 541. The van der Waals surface area contributed by atoms with Crippen LogP contribution in [0.15, 0.2) is 29.3 Å². The van der Waals surface area contributed by atoms with Crippen LogP contribution in [0.2, 0.25) is 0 Å². The van der Waals surface area contributed by atoms with E-state index < -0.39 is 5.41 Å². The molecule has 6 nitrogen and oxygen atoms in total. The molecule has 128 valence electrons. The van der Waals surface area contributed by atoms with Gasteiger partial charge in [0.2, 0.25) is 5.91 Å². The van der Waals surface area contributed by atoms with Gasteiger partial charge in [-0.15, -0.1) is 0 Å². The van der Waals surface area contributed by atoms with Crippen molar-refractivity contribution in [3.63, 3.8) is 0 Å². The Balaban J connectivity index is 2.61. The maximum atomic E-state index is 11.4. The van der Waals surface area contributed by atoms with Gasteiger partial charge in [-0.2, -0.15) is 0 Å². The van der Waals surface area contributed by atoms with Crippen molar-refractivity contribution in [3.8, 4) is 5.75 Å². The van der Waals surface area contributed by atoms with Gasteiger partial charge >= 0.3 is 0 Å². The molecule has 23 heavy (non-hydrogen) atoms. The number of nitrogens with two attached hydrogens (primary N) is 1. The predicted octanol–water partition coefficient (Wildman–Crippen LogP) is 1.30. The van der Waals surface area contributed by atoms with E-state index in [1.54, 1.807) is 21.0 Å². The zero-order chi connectivity index (χ0) is 17.3. The minimum Gasteiger partial charge on any atom is -0.496 e. The number of methoxy groups -OCH3 is 1. The molecule has 1 amide bonds. The number of hydrogen-bond acceptors (Lipinski definition) is 3. The van der Waals surface area contributed by atoms with Crippen LogP contribution in [0.5, 0.6) is 5.75 Å². The second-order valence-electron chi connectivity index (χ2n) is 5.93. The fourth-order valence-corrected chi connectivity index (χ4v) is 1.92. The molecule has 1 rings (SSSR count). The van der Waals surface area contributed by atoms with Crippen molar-refractivity contribution in [3.05, 3.63) is 29.8 Å². The molecule has 0 aliphatic carbocycles. The number of para-hydroxylation sites is 1. The van der Waals surface area contributed by atoms with Crippen molar-refractivity contribution in [2.45, 2.75) is 27.2 Å². The first-order chi connectivity index (χ1) is 10.9. The molecule has 0 aliphatic heterocycles. The molecule has 0 aromatic heterocycles. The fraction of sp³-hybridized carbons (Fsp3) is 0.529. The van der Waals surface area contributed by atoms with Crippen molar-refractivity contribution in [2.75, 3.05) is 26.7 Å². The van der Waals surface area contributed by atoms with Crippen LogP contribution in [0, 0.1) is 5.41 Å². The highest BCUT2D eigenvalue weighted by Gasteiger charge is 2.24. The minimum atomic E-state index is -0.662. The molecule has 6 heteroatoms. The Morgan fingerprint density at radius 1 is 1.30 bits per heavy atom. The fourth-order valence-electron chi connectivity index (χ4n) is 1.92. The Hall–Kier alpha value is -2.24. The summed E-state index contributed by atoms with van der Waals surface area (Å²) in [5, 5.41) is 6.43. The third-order valence-electron chi connectivity index (χ3n) is 3.52. The molecule has 0 aliphatic rings. The van der Waals surface area contributed by atoms with Crippen LogP contribution < -0.4 is 21.1 Å². The lowest BCUT2D eigenvalue weighted by Gasteiger charge is -2.19. The van der Waals surface area contributed by atoms with Crippen molar-refractivity contribution < 1.29 is 9.53 Å². The van der Waals surface area contributed by atoms with Crippen LogP contribution in [0.4, 0.5) is 0 Å². The van der Waals surface area contributed by atoms with E-state index in [1.165, 1.54) is 0 Å². The lowest BCUT2D eigenvalue weighted by atomic mass is 9.93. The highest BCUT2D eigenvalue weighted by molar-refractivity contribution is 5.82. The molecule has 1 aromatic rings. The number of carbonyl (C=O) groups is 1. The van der Waals surface area contributed by atoms with E-state index >= 15 is 0 Å². The second kappa shape index (κ2) is 9.02. The number of rotatable bonds is 8. The maximum absolute atomic E-state index is 11.4. The van der Waals surface area contributed by atoms with Crippen LogP contribution in [0.1, 0.15) is 26.3 Å². The highest BCUT2D eigenvalue weighted by Crippen LogP contribution is 2.17. The second-order valence-corrected chi connectivity index (χ2v) is 5.93. The van der Waals surface area contributed by atoms with Crippen molar-refractivity contribution in [1.82, 2.24) is 10.6 Å². The summed E-state index contributed by atoms with van der Waals surface area (Å²) in [6.45, 7) is 7.37. The van der Waals surface area contributed by atoms with Gasteiger partial charge in [0.05, 0.1) is 19.1 Å². The molecule has 0 spiro atoms. The molecule has 0 atom stereocenters. The van der Waals surface area contributed by atoms with Gasteiger partial charge in [-0.3, -0.25) is 9.79 Å². The number of amides is 1. The van der Waals surface area contributed by atoms with Crippen LogP contribution in [0.25, 0.3) is 0 Å². The number of guanidine groups is 1. The van der Waals surface area contributed by atoms with E-state index in [2.05, 4.69) is 15.6 Å². The van der Waals surface area contributed by atoms with Gasteiger partial charge in [0.25, 0.3) is 0 Å². The lowest BCUT2D eigenvalue weighted by molar-refractivity contribution is -0.125. The van der Waals surface area contributed by atoms with Crippen LogP contribution in [-0.4, -0.2) is 38.6 Å². The summed E-state index contributed by atoms with van der Waals surface area (Å²) >= 11 is 0. The van der Waals surface area contributed by atoms with Crippen LogP contribution in [-0.2, 0) is 11.2 Å². The molecule has 0 heterocycles. The third kappa shape index (κ3) is 6.18. The van der Waals surface area contributed by atoms with Gasteiger partial charge in [-0.25, -0.2) is 0 Å². The molecule has 0 radical (unpaired) electrons. The number of ether oxygens (including phenoxy) is 1. The van der Waals surface area contributed by atoms with Gasteiger partial charge in [0.1, 0.15) is 5.75 Å². The van der Waals surface area contributed by atoms with Crippen LogP contribution in [0.3, 0.4) is 0 Å². The van der Waals surface area contributed by atoms with E-state index in [-0.39, 0.29) is 5.91 Å². The number of aliphatic imine (C=N–C) groups is 1. The first kappa shape index (κ1) is 18.8. The van der Waals surface area contributed by atoms with Gasteiger partial charge in [0, 0.05) is 13.1 Å². The van der Waals surface area contributed by atoms with Gasteiger partial charge in [-0.05, 0) is 38.8 Å². The summed E-state index contributed by atoms with van der Waals surface area (Å²) < 4.78 is 5.34. The predicted molar refractivity (Wildman–Crippen MR) is 93.7 cm³/mol. The van der Waals surface area contributed by atoms with Crippen LogP contribution >= 0.6 is 0 Å². The van der Waals surface area contributed by atoms with Gasteiger partial charge in [0.15, 0.2) is 5.96 Å². The summed E-state index contributed by atoms with van der Waals surface area (Å²) in [6.07, 6.45) is 0.813. The molecule has 0 bridgehead atoms. The summed E-state index contributed by atoms with van der Waals surface area (Å²) in [5.74, 6) is 1.20. The number of nitrogens with one attached hydrogen (secondary N) is 2. The monoisotopic (exact) mass is 320 g/mol. The van der Waals surface area contributed by atoms with E-state index in [1.807, 2.05) is 31.2 Å². The van der Waals surface area contributed by atoms with Gasteiger partial charge in [-0.1, -0.05) is 18.2 Å². The molecule has 0 saturated heterocycles. The van der Waals surface area contributed by atoms with Crippen molar-refractivity contribution in [2.24, 2.45) is 16.1 Å². The molecule has 1 aromatic carbocycles. The number of benzene rings is 1. The normalized spacial score (nSPS) is 11.9. The number of carbonyl (C=O) groups excluding carboxylic acids is 1. The highest BCUT2D eigenvalue weighted by atomic mass is 16.5. The number of nitrogens with zero attached hydrogens (tertiary/aromatic N) is 1. The Morgan fingerprint density at radius 3 is 2.61 bits per heavy atom. The Kier molecular flexibility index (Phi) is 7.38. The summed E-state index contributed by atoms with van der Waals surface area (Å²) in [5.41, 5.74) is 5.85. The molecule has 0 unspecified atom stereocenters. The Labute approximate surface area is 138 Å². The number of primary amides is 1. The standard InChI is InChI=1S/C17H28N4O2/c1-5-19-16(21-12-17(2,3)15(18)22)20-11-10-13-8-6-7-9-14(13)23-4/h6-9H,5,10-12H2,1-4H3,(H2,18,22)(H2,19,20,21). The van der Waals surface area contributed by atoms with Crippen molar-refractivity contribution >= 4 is 11.9 Å². The lowest BCUT2D eigenvalue weighted by Crippen LogP contribution is -2.40. The number of hydrogen-bond donors (Lipinski definition) is 3. The van der Waals surface area contributed by atoms with E-state index in [4.69, 9.17) is 10.5 Å². The molecule has 0 fully saturated rings. The maximum Gasteiger partial charge on any atom is 0.224 e. The van der Waals surface area contributed by atoms with Crippen molar-refractivity contribution in [1.29, 1.82) is 0 Å². The zero-order valence-corrected chi connectivity index (χ0v) is 14.5. The van der Waals surface area contributed by atoms with E-state index in [9.17, 15) is 4.79 Å². The molecule has 4 N–H and O–H groups in total. The van der Waals surface area contributed by atoms with Gasteiger partial charge < -0.3 is 21.1 Å². The third-order valence-corrected chi connectivity index (χ3v) is 3.52. The molecular formula is C17H28N4O2. The summed E-state index contributed by atoms with van der Waals surface area (Å²) in [7, 11) is 1.67. The first-order valence-corrected chi connectivity index (χ1v) is 7.84. The molecule has 0 saturated carbocycles. The average molecular weight is 320 g/mol. The first-order valence-electron chi connectivity index (χ1n) is 7.84. The minimum absolute atomic E-state index is 0.340. The average Bonchev–Trinajstić information content (AvgIpc) is 2.53. The SMILES string of the molecule is CCNC(=NCC(C)(C)C(N)=O)NCCc1ccccc1OC. The summed E-state index contributed by atoms with van der Waals surface area (Å²) in [6, 6.07) is 7.94. The Morgan fingerprint density at radius 2 is 2.00 bits per heavy atom. The van der Waals surface area contributed by atoms with E-state index in [0.29, 0.717) is 19.0 Å². The quantitative estimate of drug-likeness (QED) is 0.498. The molecular weight excluding hydrogens is 292 g/mol. The topological polar surface area (TPSA) is 88.7 Å². The smallest absolute Gasteiger partial charge is 0.224 e. The van der Waals surface area contributed by atoms with E-state index in [0.717, 1.165) is 24.3 Å². The summed E-state index contributed by atoms with van der Waals surface area (Å²) in [4.78, 5) is 15.8.